The van der Waals surface area contributed by atoms with E-state index >= 15 is 0 Å². The lowest BCUT2D eigenvalue weighted by molar-refractivity contribution is 0.319. The fraction of sp³-hybridized carbons (Fsp3) is 0.556. The Morgan fingerprint density at radius 1 is 1.22 bits per heavy atom. The van der Waals surface area contributed by atoms with Gasteiger partial charge in [-0.15, -0.1) is 0 Å². The lowest BCUT2D eigenvalue weighted by atomic mass is 9.88. The number of para-hydroxylation sites is 1. The van der Waals surface area contributed by atoms with E-state index in [1.807, 2.05) is 13.0 Å². The topological polar surface area (TPSA) is 53.2 Å². The van der Waals surface area contributed by atoms with Crippen molar-refractivity contribution in [3.8, 4) is 0 Å². The highest BCUT2D eigenvalue weighted by Gasteiger charge is 2.29. The largest absolute Gasteiger partial charge is 0.358 e. The zero-order valence-electron chi connectivity index (χ0n) is 14.0. The molecular formula is C18H26N2O2S. The lowest BCUT2D eigenvalue weighted by Gasteiger charge is -2.31. The molecule has 1 aliphatic rings. The first-order valence-electron chi connectivity index (χ1n) is 8.58. The van der Waals surface area contributed by atoms with Crippen molar-refractivity contribution in [1.29, 1.82) is 0 Å². The van der Waals surface area contributed by atoms with Crippen LogP contribution in [0.2, 0.25) is 0 Å². The minimum atomic E-state index is -3.06. The van der Waals surface area contributed by atoms with Gasteiger partial charge < -0.3 is 4.98 Å². The van der Waals surface area contributed by atoms with Crippen LogP contribution < -0.4 is 0 Å². The number of sulfonamides is 1. The summed E-state index contributed by atoms with van der Waals surface area (Å²) in [6.07, 6.45) is 3.50. The van der Waals surface area contributed by atoms with Crippen LogP contribution in [-0.2, 0) is 10.0 Å². The Labute approximate surface area is 138 Å². The van der Waals surface area contributed by atoms with Crippen LogP contribution in [0, 0.1) is 6.92 Å². The maximum Gasteiger partial charge on any atom is 0.214 e. The van der Waals surface area contributed by atoms with Gasteiger partial charge in [0.1, 0.15) is 0 Å². The van der Waals surface area contributed by atoms with Crippen molar-refractivity contribution in [1.82, 2.24) is 9.29 Å². The molecule has 1 N–H and O–H groups in total. The molecule has 126 valence electrons. The number of rotatable bonds is 5. The minimum Gasteiger partial charge on any atom is -0.358 e. The molecule has 1 aliphatic heterocycles. The van der Waals surface area contributed by atoms with E-state index in [1.54, 1.807) is 4.31 Å². The predicted octanol–water partition coefficient (Wildman–Crippen LogP) is 3.79. The van der Waals surface area contributed by atoms with Gasteiger partial charge in [-0.2, -0.15) is 0 Å². The number of aromatic amines is 1. The standard InChI is InChI=1S/C18H26N2O2S/c1-3-4-13-23(21,22)20-11-9-15(10-12-20)18-14(2)19-17-8-6-5-7-16(17)18/h5-8,15,19H,3-4,9-13H2,1-2H3. The maximum absolute atomic E-state index is 12.3. The molecule has 0 unspecified atom stereocenters. The molecule has 2 aromatic rings. The quantitative estimate of drug-likeness (QED) is 0.904. The summed E-state index contributed by atoms with van der Waals surface area (Å²) in [4.78, 5) is 3.46. The number of fused-ring (bicyclic) bond motifs is 1. The van der Waals surface area contributed by atoms with Crippen LogP contribution in [0.3, 0.4) is 0 Å². The number of unbranched alkanes of at least 4 members (excludes halogenated alkanes) is 1. The summed E-state index contributed by atoms with van der Waals surface area (Å²) in [5.74, 6) is 0.740. The summed E-state index contributed by atoms with van der Waals surface area (Å²) >= 11 is 0. The number of piperidine rings is 1. The van der Waals surface area contributed by atoms with Crippen molar-refractivity contribution >= 4 is 20.9 Å². The number of nitrogens with one attached hydrogen (secondary N) is 1. The molecule has 0 saturated carbocycles. The first kappa shape index (κ1) is 16.5. The van der Waals surface area contributed by atoms with Gasteiger partial charge in [0.2, 0.25) is 10.0 Å². The molecular weight excluding hydrogens is 308 g/mol. The summed E-state index contributed by atoms with van der Waals surface area (Å²) in [6.45, 7) is 5.45. The van der Waals surface area contributed by atoms with Gasteiger partial charge >= 0.3 is 0 Å². The molecule has 0 spiro atoms. The van der Waals surface area contributed by atoms with Crippen molar-refractivity contribution in [2.45, 2.75) is 45.4 Å². The van der Waals surface area contributed by atoms with E-state index < -0.39 is 10.0 Å². The van der Waals surface area contributed by atoms with Crippen molar-refractivity contribution in [2.75, 3.05) is 18.8 Å². The van der Waals surface area contributed by atoms with Crippen molar-refractivity contribution in [3.05, 3.63) is 35.5 Å². The normalized spacial score (nSPS) is 17.8. The highest BCUT2D eigenvalue weighted by Crippen LogP contribution is 2.36. The second-order valence-electron chi connectivity index (χ2n) is 6.55. The van der Waals surface area contributed by atoms with E-state index in [2.05, 4.69) is 30.1 Å². The number of hydrogen-bond acceptors (Lipinski definition) is 2. The summed E-state index contributed by atoms with van der Waals surface area (Å²) in [6, 6.07) is 8.39. The zero-order valence-corrected chi connectivity index (χ0v) is 14.8. The molecule has 23 heavy (non-hydrogen) atoms. The molecule has 0 bridgehead atoms. The second kappa shape index (κ2) is 6.65. The second-order valence-corrected chi connectivity index (χ2v) is 8.64. The number of nitrogens with zero attached hydrogens (tertiary/aromatic N) is 1. The average molecular weight is 334 g/mol. The Bertz CT molecular complexity index is 771. The number of benzene rings is 1. The Balaban J connectivity index is 1.75. The summed E-state index contributed by atoms with van der Waals surface area (Å²) in [5, 5.41) is 1.29. The van der Waals surface area contributed by atoms with Gasteiger partial charge in [0, 0.05) is 29.7 Å². The van der Waals surface area contributed by atoms with Gasteiger partial charge in [0.05, 0.1) is 5.75 Å². The van der Waals surface area contributed by atoms with Gasteiger partial charge in [0.15, 0.2) is 0 Å². The monoisotopic (exact) mass is 334 g/mol. The van der Waals surface area contributed by atoms with E-state index in [1.165, 1.54) is 22.2 Å². The van der Waals surface area contributed by atoms with E-state index in [-0.39, 0.29) is 0 Å². The van der Waals surface area contributed by atoms with Gasteiger partial charge in [0.25, 0.3) is 0 Å². The molecule has 1 saturated heterocycles. The third-order valence-electron chi connectivity index (χ3n) is 4.95. The van der Waals surface area contributed by atoms with Crippen molar-refractivity contribution in [2.24, 2.45) is 0 Å². The van der Waals surface area contributed by atoms with Crippen LogP contribution in [0.5, 0.6) is 0 Å². The zero-order chi connectivity index (χ0) is 16.4. The van der Waals surface area contributed by atoms with Crippen LogP contribution in [-0.4, -0.2) is 36.5 Å². The first-order chi connectivity index (χ1) is 11.0. The number of hydrogen-bond donors (Lipinski definition) is 1. The fourth-order valence-corrected chi connectivity index (χ4v) is 5.38. The van der Waals surface area contributed by atoms with E-state index in [9.17, 15) is 8.42 Å². The number of H-pyrrole nitrogens is 1. The van der Waals surface area contributed by atoms with Crippen molar-refractivity contribution < 1.29 is 8.42 Å². The lowest BCUT2D eigenvalue weighted by Crippen LogP contribution is -2.39. The van der Waals surface area contributed by atoms with Crippen molar-refractivity contribution in [3.63, 3.8) is 0 Å². The van der Waals surface area contributed by atoms with E-state index in [4.69, 9.17) is 0 Å². The molecule has 0 radical (unpaired) electrons. The molecule has 0 atom stereocenters. The highest BCUT2D eigenvalue weighted by molar-refractivity contribution is 7.89. The third-order valence-corrected chi connectivity index (χ3v) is 6.91. The minimum absolute atomic E-state index is 0.292. The predicted molar refractivity (Wildman–Crippen MR) is 95.3 cm³/mol. The Morgan fingerprint density at radius 2 is 1.91 bits per heavy atom. The Kier molecular flexibility index (Phi) is 4.78. The molecule has 1 aromatic carbocycles. The average Bonchev–Trinajstić information content (AvgIpc) is 2.89. The number of aryl methyl sites for hydroxylation is 1. The first-order valence-corrected chi connectivity index (χ1v) is 10.2. The maximum atomic E-state index is 12.3. The summed E-state index contributed by atoms with van der Waals surface area (Å²) < 4.78 is 26.4. The molecule has 0 aliphatic carbocycles. The van der Waals surface area contributed by atoms with Crippen LogP contribution >= 0.6 is 0 Å². The molecule has 1 fully saturated rings. The SMILES string of the molecule is CCCCS(=O)(=O)N1CCC(c2c(C)[nH]c3ccccc23)CC1. The third kappa shape index (κ3) is 3.31. The highest BCUT2D eigenvalue weighted by atomic mass is 32.2. The molecule has 3 rings (SSSR count). The van der Waals surface area contributed by atoms with Crippen LogP contribution in [0.4, 0.5) is 0 Å². The molecule has 5 heteroatoms. The van der Waals surface area contributed by atoms with Crippen LogP contribution in [0.25, 0.3) is 10.9 Å². The van der Waals surface area contributed by atoms with Gasteiger partial charge in [-0.05, 0) is 43.7 Å². The molecule has 0 amide bonds. The molecule has 2 heterocycles. The molecule has 1 aromatic heterocycles. The van der Waals surface area contributed by atoms with E-state index in [0.29, 0.717) is 24.8 Å². The summed E-state index contributed by atoms with van der Waals surface area (Å²) in [5.41, 5.74) is 3.78. The smallest absolute Gasteiger partial charge is 0.214 e. The number of aromatic nitrogens is 1. The fourth-order valence-electron chi connectivity index (χ4n) is 3.70. The van der Waals surface area contributed by atoms with Gasteiger partial charge in [-0.25, -0.2) is 12.7 Å². The Morgan fingerprint density at radius 3 is 2.61 bits per heavy atom. The van der Waals surface area contributed by atoms with Crippen LogP contribution in [0.1, 0.15) is 49.8 Å². The van der Waals surface area contributed by atoms with E-state index in [0.717, 1.165) is 25.7 Å². The summed E-state index contributed by atoms with van der Waals surface area (Å²) in [7, 11) is -3.06. The molecule has 4 nitrogen and oxygen atoms in total. The van der Waals surface area contributed by atoms with Gasteiger partial charge in [-0.3, -0.25) is 0 Å². The Hall–Kier alpha value is -1.33. The van der Waals surface area contributed by atoms with Gasteiger partial charge in [-0.1, -0.05) is 31.5 Å². The van der Waals surface area contributed by atoms with Crippen LogP contribution in [0.15, 0.2) is 24.3 Å².